The molecule has 3 N–H and O–H groups in total. The molecule has 0 aliphatic carbocycles. The average Bonchev–Trinajstić information content (AvgIpc) is 3.76. The quantitative estimate of drug-likeness (QED) is 0.243. The number of nitriles is 1. The number of ether oxygens (including phenoxy) is 1. The minimum absolute atomic E-state index is 0.0403. The molecule has 0 unspecified atom stereocenters. The second-order valence-corrected chi connectivity index (χ2v) is 14.0. The van der Waals surface area contributed by atoms with Crippen molar-refractivity contribution in [1.29, 1.82) is 5.26 Å². The zero-order chi connectivity index (χ0) is 32.8. The highest BCUT2D eigenvalue weighted by Gasteiger charge is 2.49. The lowest BCUT2D eigenvalue weighted by atomic mass is 9.92. The number of halogens is 6. The Bertz CT molecular complexity index is 1970. The van der Waals surface area contributed by atoms with Gasteiger partial charge in [0.1, 0.15) is 41.0 Å². The summed E-state index contributed by atoms with van der Waals surface area (Å²) < 4.78 is 96.9. The number of benzene rings is 2. The van der Waals surface area contributed by atoms with Crippen molar-refractivity contribution in [3.05, 3.63) is 41.0 Å². The van der Waals surface area contributed by atoms with E-state index in [1.165, 1.54) is 0 Å². The number of thiophene rings is 1. The van der Waals surface area contributed by atoms with Gasteiger partial charge < -0.3 is 20.7 Å². The van der Waals surface area contributed by atoms with E-state index in [9.17, 15) is 27.2 Å². The van der Waals surface area contributed by atoms with Crippen LogP contribution < -0.4 is 20.7 Å². The summed E-state index contributed by atoms with van der Waals surface area (Å²) in [5, 5.41) is 12.8. The third-order valence-electron chi connectivity index (χ3n) is 10.1. The third-order valence-corrected chi connectivity index (χ3v) is 11.2. The molecule has 4 atom stereocenters. The van der Waals surface area contributed by atoms with Gasteiger partial charge >= 0.3 is 12.2 Å². The second-order valence-electron chi connectivity index (χ2n) is 13.0. The van der Waals surface area contributed by atoms with Crippen LogP contribution in [-0.4, -0.2) is 71.4 Å². The molecule has 8 nitrogen and oxygen atoms in total. The Morgan fingerprint density at radius 3 is 2.64 bits per heavy atom. The van der Waals surface area contributed by atoms with Crippen LogP contribution in [0.2, 0.25) is 0 Å². The lowest BCUT2D eigenvalue weighted by Gasteiger charge is -2.35. The number of nitrogens with zero attached hydrogens (tertiary/aromatic N) is 5. The fourth-order valence-electron chi connectivity index (χ4n) is 8.11. The summed E-state index contributed by atoms with van der Waals surface area (Å²) in [5.74, 6) is -2.00. The van der Waals surface area contributed by atoms with Crippen LogP contribution in [0.4, 0.5) is 37.2 Å². The molecule has 0 saturated carbocycles. The molecular formula is C32H29F6N7OS. The Hall–Kier alpha value is -3.87. The van der Waals surface area contributed by atoms with E-state index >= 15 is 4.39 Å². The van der Waals surface area contributed by atoms with Crippen LogP contribution in [-0.2, 0) is 6.18 Å². The zero-order valence-electron chi connectivity index (χ0n) is 24.9. The lowest BCUT2D eigenvalue weighted by molar-refractivity contribution is -0.137. The number of fused-ring (bicyclic) bond motifs is 5. The molecule has 2 bridgehead atoms. The van der Waals surface area contributed by atoms with E-state index in [1.807, 2.05) is 15.9 Å². The summed E-state index contributed by atoms with van der Waals surface area (Å²) in [5.41, 5.74) is 2.21. The van der Waals surface area contributed by atoms with E-state index in [1.54, 1.807) is 0 Å². The molecule has 0 spiro atoms. The van der Waals surface area contributed by atoms with Gasteiger partial charge in [0.25, 0.3) is 0 Å². The van der Waals surface area contributed by atoms with Crippen molar-refractivity contribution >= 4 is 43.1 Å². The highest BCUT2D eigenvalue weighted by Crippen LogP contribution is 2.48. The molecule has 4 aliphatic rings. The van der Waals surface area contributed by atoms with Gasteiger partial charge in [0, 0.05) is 54.5 Å². The lowest BCUT2D eigenvalue weighted by Crippen LogP contribution is -2.51. The molecule has 246 valence electrons. The number of piperazine rings is 1. The molecule has 4 aromatic rings. The Kier molecular flexibility index (Phi) is 7.02. The Labute approximate surface area is 269 Å². The van der Waals surface area contributed by atoms with E-state index in [0.717, 1.165) is 44.0 Å². The Morgan fingerprint density at radius 1 is 1.15 bits per heavy atom. The van der Waals surface area contributed by atoms with Gasteiger partial charge in [-0.25, -0.2) is 13.2 Å². The van der Waals surface area contributed by atoms with E-state index in [2.05, 4.69) is 15.3 Å². The summed E-state index contributed by atoms with van der Waals surface area (Å²) >= 11 is 0.705. The van der Waals surface area contributed by atoms with E-state index < -0.39 is 46.2 Å². The summed E-state index contributed by atoms with van der Waals surface area (Å²) in [6.07, 6.45) is -2.46. The standard InChI is InChI=1S/C32H29F6N7OS/c33-15-9-31(6-1-7-45(31)11-15)14-46-30-42-26-19(29(43-30)44-12-16-2-3-17(13-44)41-16)8-21(32(36,37)38)24(25(26)35)18-4-5-22(34)27-23(18)20(10-39)28(40)47-27/h4-5,8,15-17,41H,1-3,6-7,9,11-14,40H2/t15-,16-,17+,31+/m1/s1. The smallest absolute Gasteiger partial charge is 0.417 e. The number of nitrogen functional groups attached to an aromatic ring is 1. The SMILES string of the molecule is N#Cc1c(N)sc2c(F)ccc(-c3c(C(F)(F)F)cc4c(N5C[C@H]6CC[C@@H](C5)N6)nc(OC[C@@]56CCCN5C[C@H](F)C6)nc4c3F)c12. The van der Waals surface area contributed by atoms with Crippen LogP contribution in [0.5, 0.6) is 6.01 Å². The van der Waals surface area contributed by atoms with Crippen LogP contribution >= 0.6 is 11.3 Å². The molecule has 0 radical (unpaired) electrons. The molecule has 4 fully saturated rings. The fraction of sp³-hybridized carbons (Fsp3) is 0.469. The van der Waals surface area contributed by atoms with Crippen LogP contribution in [0, 0.1) is 23.0 Å². The van der Waals surface area contributed by atoms with Crippen molar-refractivity contribution in [2.45, 2.75) is 62.1 Å². The van der Waals surface area contributed by atoms with Crippen molar-refractivity contribution in [2.24, 2.45) is 0 Å². The maximum absolute atomic E-state index is 17.0. The fourth-order valence-corrected chi connectivity index (χ4v) is 9.06. The van der Waals surface area contributed by atoms with Crippen LogP contribution in [0.25, 0.3) is 32.1 Å². The number of hydrogen-bond donors (Lipinski definition) is 2. The number of anilines is 2. The van der Waals surface area contributed by atoms with Crippen molar-refractivity contribution in [3.63, 3.8) is 0 Å². The van der Waals surface area contributed by atoms with Gasteiger partial charge in [-0.05, 0) is 49.9 Å². The van der Waals surface area contributed by atoms with Gasteiger partial charge in [-0.3, -0.25) is 4.90 Å². The van der Waals surface area contributed by atoms with Crippen molar-refractivity contribution in [1.82, 2.24) is 20.2 Å². The molecule has 0 amide bonds. The molecule has 15 heteroatoms. The Balaban J connectivity index is 1.34. The van der Waals surface area contributed by atoms with Gasteiger partial charge in [-0.1, -0.05) is 6.07 Å². The maximum Gasteiger partial charge on any atom is 0.417 e. The first kappa shape index (κ1) is 30.5. The highest BCUT2D eigenvalue weighted by molar-refractivity contribution is 7.23. The molecule has 4 saturated heterocycles. The number of aromatic nitrogens is 2. The zero-order valence-corrected chi connectivity index (χ0v) is 25.7. The van der Waals surface area contributed by atoms with E-state index in [4.69, 9.17) is 10.5 Å². The Morgan fingerprint density at radius 2 is 1.91 bits per heavy atom. The number of hydrogen-bond acceptors (Lipinski definition) is 9. The molecule has 2 aromatic heterocycles. The first-order valence-corrected chi connectivity index (χ1v) is 16.3. The van der Waals surface area contributed by atoms with E-state index in [0.29, 0.717) is 37.4 Å². The maximum atomic E-state index is 17.0. The van der Waals surface area contributed by atoms with Crippen LogP contribution in [0.3, 0.4) is 0 Å². The van der Waals surface area contributed by atoms with Crippen molar-refractivity contribution in [3.8, 4) is 23.2 Å². The molecule has 6 heterocycles. The predicted octanol–water partition coefficient (Wildman–Crippen LogP) is 6.16. The van der Waals surface area contributed by atoms with Gasteiger partial charge in [0.2, 0.25) is 0 Å². The van der Waals surface area contributed by atoms with Crippen LogP contribution in [0.1, 0.15) is 43.2 Å². The molecule has 4 aliphatic heterocycles. The van der Waals surface area contributed by atoms with Crippen LogP contribution in [0.15, 0.2) is 18.2 Å². The number of nitrogens with one attached hydrogen (secondary N) is 1. The van der Waals surface area contributed by atoms with Crippen molar-refractivity contribution < 1.29 is 31.1 Å². The topological polar surface area (TPSA) is 103 Å². The molecule has 47 heavy (non-hydrogen) atoms. The molecule has 8 rings (SSSR count). The minimum atomic E-state index is -5.05. The first-order valence-electron chi connectivity index (χ1n) is 15.5. The average molecular weight is 674 g/mol. The molecule has 2 aromatic carbocycles. The van der Waals surface area contributed by atoms with Gasteiger partial charge in [-0.2, -0.15) is 28.4 Å². The van der Waals surface area contributed by atoms with E-state index in [-0.39, 0.29) is 68.5 Å². The number of alkyl halides is 4. The summed E-state index contributed by atoms with van der Waals surface area (Å²) in [6, 6.07) is 4.56. The summed E-state index contributed by atoms with van der Waals surface area (Å²) in [6.45, 7) is 1.93. The van der Waals surface area contributed by atoms with Gasteiger partial charge in [0.05, 0.1) is 21.4 Å². The number of rotatable bonds is 5. The largest absolute Gasteiger partial charge is 0.461 e. The first-order chi connectivity index (χ1) is 22.5. The van der Waals surface area contributed by atoms with Gasteiger partial charge in [0.15, 0.2) is 5.82 Å². The third kappa shape index (κ3) is 4.86. The minimum Gasteiger partial charge on any atom is -0.461 e. The molecular weight excluding hydrogens is 644 g/mol. The highest BCUT2D eigenvalue weighted by atomic mass is 32.1. The monoisotopic (exact) mass is 673 g/mol. The summed E-state index contributed by atoms with van der Waals surface area (Å²) in [7, 11) is 0. The normalized spacial score (nSPS) is 26.0. The second kappa shape index (κ2) is 10.8. The van der Waals surface area contributed by atoms with Crippen molar-refractivity contribution in [2.75, 3.05) is 43.4 Å². The summed E-state index contributed by atoms with van der Waals surface area (Å²) in [4.78, 5) is 12.8. The predicted molar refractivity (Wildman–Crippen MR) is 165 cm³/mol. The van der Waals surface area contributed by atoms with Gasteiger partial charge in [-0.15, -0.1) is 11.3 Å². The number of nitrogens with two attached hydrogens (primary N) is 1.